The van der Waals surface area contributed by atoms with Crippen molar-refractivity contribution < 1.29 is 38.8 Å². The minimum atomic E-state index is -1.19. The van der Waals surface area contributed by atoms with Gasteiger partial charge in [0.2, 0.25) is 0 Å². The molecule has 3 rings (SSSR count). The van der Waals surface area contributed by atoms with Crippen molar-refractivity contribution in [3.63, 3.8) is 0 Å². The van der Waals surface area contributed by atoms with Crippen molar-refractivity contribution in [1.29, 1.82) is 0 Å². The van der Waals surface area contributed by atoms with E-state index >= 15 is 0 Å². The van der Waals surface area contributed by atoms with Crippen molar-refractivity contribution in [3.05, 3.63) is 112 Å². The third kappa shape index (κ3) is 6.21. The number of rotatable bonds is 8. The van der Waals surface area contributed by atoms with Crippen LogP contribution in [0.15, 0.2) is 54.6 Å². The number of nitrogens with zero attached hydrogens (tertiary/aromatic N) is 4. The number of nitro groups is 4. The number of aryl methyl sites for hydroxylation is 1. The van der Waals surface area contributed by atoms with Gasteiger partial charge < -0.3 is 9.47 Å². The van der Waals surface area contributed by atoms with Gasteiger partial charge in [-0.25, -0.2) is 9.59 Å². The molecular weight excluding hydrogens is 500 g/mol. The summed E-state index contributed by atoms with van der Waals surface area (Å²) in [7, 11) is 0. The van der Waals surface area contributed by atoms with Crippen LogP contribution in [0.1, 0.15) is 26.3 Å². The van der Waals surface area contributed by atoms with Crippen molar-refractivity contribution in [2.75, 3.05) is 0 Å². The molecule has 188 valence electrons. The van der Waals surface area contributed by atoms with Crippen LogP contribution in [-0.4, -0.2) is 31.6 Å². The third-order valence-electron chi connectivity index (χ3n) is 4.57. The lowest BCUT2D eigenvalue weighted by molar-refractivity contribution is -0.394. The van der Waals surface area contributed by atoms with Gasteiger partial charge in [0.25, 0.3) is 22.7 Å². The summed E-state index contributed by atoms with van der Waals surface area (Å²) in [5.41, 5.74) is -3.47. The number of carbonyl (C=O) groups excluding carboxylic acids is 2. The van der Waals surface area contributed by atoms with Crippen LogP contribution in [0, 0.1) is 47.4 Å². The van der Waals surface area contributed by atoms with E-state index in [1.807, 2.05) is 0 Å². The fourth-order valence-electron chi connectivity index (χ4n) is 3.01. The van der Waals surface area contributed by atoms with Crippen LogP contribution < -0.4 is 9.47 Å². The quantitative estimate of drug-likeness (QED) is 0.180. The average molecular weight is 512 g/mol. The predicted octanol–water partition coefficient (Wildman–Crippen LogP) is 4.07. The first-order chi connectivity index (χ1) is 17.3. The monoisotopic (exact) mass is 512 g/mol. The molecule has 0 saturated carbocycles. The number of esters is 2. The summed E-state index contributed by atoms with van der Waals surface area (Å²) in [6.07, 6.45) is 0. The van der Waals surface area contributed by atoms with Gasteiger partial charge in [-0.1, -0.05) is 0 Å². The first-order valence-corrected chi connectivity index (χ1v) is 9.78. The highest BCUT2D eigenvalue weighted by Gasteiger charge is 2.23. The standard InChI is InChI=1S/C21H12N4O12/c1-11-2-18(36-20(26)12-4-14(22(28)29)8-15(5-12)23(30)31)10-19(3-11)37-21(27)13-6-16(24(32)33)9-17(7-13)25(34)35/h2-10H,1H3. The lowest BCUT2D eigenvalue weighted by atomic mass is 10.1. The van der Waals surface area contributed by atoms with Crippen LogP contribution in [0.25, 0.3) is 0 Å². The summed E-state index contributed by atoms with van der Waals surface area (Å²) in [6.45, 7) is 1.52. The molecule has 0 heterocycles. The molecule has 0 radical (unpaired) electrons. The number of carbonyl (C=O) groups is 2. The zero-order chi connectivity index (χ0) is 27.4. The fraction of sp³-hybridized carbons (Fsp3) is 0.0476. The van der Waals surface area contributed by atoms with E-state index in [2.05, 4.69) is 0 Å². The van der Waals surface area contributed by atoms with Crippen LogP contribution >= 0.6 is 0 Å². The first-order valence-electron chi connectivity index (χ1n) is 9.78. The van der Waals surface area contributed by atoms with E-state index < -0.39 is 65.5 Å². The minimum Gasteiger partial charge on any atom is -0.423 e. The topological polar surface area (TPSA) is 225 Å². The Bertz CT molecular complexity index is 1330. The molecule has 0 bridgehead atoms. The molecule has 37 heavy (non-hydrogen) atoms. The van der Waals surface area contributed by atoms with Gasteiger partial charge in [-0.3, -0.25) is 40.5 Å². The van der Waals surface area contributed by atoms with Gasteiger partial charge in [0.15, 0.2) is 0 Å². The molecule has 16 nitrogen and oxygen atoms in total. The maximum Gasteiger partial charge on any atom is 0.344 e. The molecule has 0 aromatic heterocycles. The molecule has 16 heteroatoms. The molecular formula is C21H12N4O12. The molecule has 0 atom stereocenters. The summed E-state index contributed by atoms with van der Waals surface area (Å²) >= 11 is 0. The summed E-state index contributed by atoms with van der Waals surface area (Å²) in [5.74, 6) is -2.81. The van der Waals surface area contributed by atoms with E-state index in [-0.39, 0.29) is 11.5 Å². The Morgan fingerprint density at radius 2 is 0.838 bits per heavy atom. The number of hydrogen-bond acceptors (Lipinski definition) is 12. The Balaban J connectivity index is 1.89. The molecule has 3 aromatic rings. The van der Waals surface area contributed by atoms with E-state index in [4.69, 9.17) is 9.47 Å². The molecule has 0 N–H and O–H groups in total. The molecule has 0 saturated heterocycles. The highest BCUT2D eigenvalue weighted by atomic mass is 16.6. The molecule has 3 aromatic carbocycles. The van der Waals surface area contributed by atoms with Gasteiger partial charge in [-0.15, -0.1) is 0 Å². The van der Waals surface area contributed by atoms with E-state index in [0.29, 0.717) is 17.7 Å². The molecule has 0 aliphatic carbocycles. The molecule has 0 amide bonds. The van der Waals surface area contributed by atoms with E-state index in [1.54, 1.807) is 0 Å². The molecule has 0 aliphatic rings. The van der Waals surface area contributed by atoms with Gasteiger partial charge in [0.05, 0.1) is 43.0 Å². The van der Waals surface area contributed by atoms with Crippen molar-refractivity contribution in [2.45, 2.75) is 6.92 Å². The zero-order valence-electron chi connectivity index (χ0n) is 18.4. The lowest BCUT2D eigenvalue weighted by Gasteiger charge is -2.09. The van der Waals surface area contributed by atoms with Crippen molar-refractivity contribution >= 4 is 34.7 Å². The van der Waals surface area contributed by atoms with Crippen LogP contribution in [0.2, 0.25) is 0 Å². The number of benzene rings is 3. The number of hydrogen-bond donors (Lipinski definition) is 0. The Hall–Kier alpha value is -5.80. The summed E-state index contributed by atoms with van der Waals surface area (Å²) in [6, 6.07) is 8.14. The predicted molar refractivity (Wildman–Crippen MR) is 121 cm³/mol. The van der Waals surface area contributed by atoms with Gasteiger partial charge in [0, 0.05) is 30.3 Å². The van der Waals surface area contributed by atoms with E-state index in [1.165, 1.54) is 19.1 Å². The number of ether oxygens (including phenoxy) is 2. The Labute approximate surface area is 204 Å². The number of non-ortho nitro benzene ring substituents is 4. The van der Waals surface area contributed by atoms with Gasteiger partial charge in [-0.2, -0.15) is 0 Å². The van der Waals surface area contributed by atoms with Gasteiger partial charge >= 0.3 is 11.9 Å². The molecule has 0 unspecified atom stereocenters. The fourth-order valence-corrected chi connectivity index (χ4v) is 3.01. The number of nitro benzene ring substituents is 4. The summed E-state index contributed by atoms with van der Waals surface area (Å²) in [5, 5.41) is 44.2. The highest BCUT2D eigenvalue weighted by Crippen LogP contribution is 2.28. The second-order valence-corrected chi connectivity index (χ2v) is 7.27. The smallest absolute Gasteiger partial charge is 0.344 e. The Kier molecular flexibility index (Phi) is 7.13. The van der Waals surface area contributed by atoms with Crippen LogP contribution in [0.4, 0.5) is 22.7 Å². The van der Waals surface area contributed by atoms with Crippen LogP contribution in [-0.2, 0) is 0 Å². The molecule has 0 aliphatic heterocycles. The highest BCUT2D eigenvalue weighted by molar-refractivity contribution is 5.93. The maximum absolute atomic E-state index is 12.5. The van der Waals surface area contributed by atoms with Gasteiger partial charge in [-0.05, 0) is 24.6 Å². The Morgan fingerprint density at radius 1 is 0.541 bits per heavy atom. The van der Waals surface area contributed by atoms with E-state index in [9.17, 15) is 50.0 Å². The molecule has 0 fully saturated rings. The van der Waals surface area contributed by atoms with Crippen molar-refractivity contribution in [1.82, 2.24) is 0 Å². The molecule has 0 spiro atoms. The zero-order valence-corrected chi connectivity index (χ0v) is 18.4. The average Bonchev–Trinajstić information content (AvgIpc) is 2.82. The summed E-state index contributed by atoms with van der Waals surface area (Å²) < 4.78 is 10.3. The second kappa shape index (κ2) is 10.2. The van der Waals surface area contributed by atoms with Crippen LogP contribution in [0.3, 0.4) is 0 Å². The minimum absolute atomic E-state index is 0.216. The van der Waals surface area contributed by atoms with Crippen LogP contribution in [0.5, 0.6) is 11.5 Å². The first kappa shape index (κ1) is 25.8. The third-order valence-corrected chi connectivity index (χ3v) is 4.57. The normalized spacial score (nSPS) is 10.3. The lowest BCUT2D eigenvalue weighted by Crippen LogP contribution is -2.11. The SMILES string of the molecule is Cc1cc(OC(=O)c2cc([N+](=O)[O-])cc([N+](=O)[O-])c2)cc(OC(=O)c2cc([N+](=O)[O-])cc([N+](=O)[O-])c2)c1. The van der Waals surface area contributed by atoms with Crippen molar-refractivity contribution in [2.24, 2.45) is 0 Å². The Morgan fingerprint density at radius 3 is 1.11 bits per heavy atom. The van der Waals surface area contributed by atoms with E-state index in [0.717, 1.165) is 30.3 Å². The summed E-state index contributed by atoms with van der Waals surface area (Å²) in [4.78, 5) is 65.5. The largest absolute Gasteiger partial charge is 0.423 e. The maximum atomic E-state index is 12.5. The second-order valence-electron chi connectivity index (χ2n) is 7.27. The van der Waals surface area contributed by atoms with Crippen molar-refractivity contribution in [3.8, 4) is 11.5 Å². The van der Waals surface area contributed by atoms with Gasteiger partial charge in [0.1, 0.15) is 11.5 Å².